The summed E-state index contributed by atoms with van der Waals surface area (Å²) in [6, 6.07) is 6.01. The van der Waals surface area contributed by atoms with Gasteiger partial charge in [0.15, 0.2) is 5.78 Å². The van der Waals surface area contributed by atoms with Gasteiger partial charge in [0.2, 0.25) is 27.8 Å². The number of ether oxygens (including phenoxy) is 3. The first-order valence-electron chi connectivity index (χ1n) is 21.7. The molecule has 1 fully saturated rings. The van der Waals surface area contributed by atoms with Gasteiger partial charge in [-0.2, -0.15) is 12.6 Å². The minimum Gasteiger partial charge on any atom is -0.494 e. The molecule has 0 aliphatic carbocycles. The van der Waals surface area contributed by atoms with Crippen LogP contribution in [0.1, 0.15) is 57.3 Å². The number of hydrogen-bond donors (Lipinski definition) is 5. The smallest absolute Gasteiger partial charge is 0.276 e. The normalized spacial score (nSPS) is 14.4. The van der Waals surface area contributed by atoms with Crippen LogP contribution in [0, 0.1) is 0 Å². The quantitative estimate of drug-likeness (QED) is 0.0158. The third-order valence-electron chi connectivity index (χ3n) is 10.8. The van der Waals surface area contributed by atoms with E-state index in [9.17, 15) is 27.6 Å². The van der Waals surface area contributed by atoms with Gasteiger partial charge in [-0.15, -0.1) is 0 Å². The molecule has 0 spiro atoms. The van der Waals surface area contributed by atoms with Crippen molar-refractivity contribution in [3.63, 3.8) is 0 Å². The Labute approximate surface area is 395 Å². The first kappa shape index (κ1) is 51.7. The van der Waals surface area contributed by atoms with Crippen molar-refractivity contribution in [2.75, 3.05) is 71.2 Å². The number of Topliss-reactive ketones (excluding diaryl/α,β-unsaturated/α-hetero) is 1. The summed E-state index contributed by atoms with van der Waals surface area (Å²) in [5, 5.41) is 11.0. The highest BCUT2D eigenvalue weighted by Gasteiger charge is 2.31. The van der Waals surface area contributed by atoms with Crippen LogP contribution in [0.15, 0.2) is 69.9 Å². The van der Waals surface area contributed by atoms with Crippen molar-refractivity contribution in [2.45, 2.75) is 76.3 Å². The Morgan fingerprint density at radius 2 is 1.69 bits per heavy atom. The molecule has 22 heteroatoms. The average Bonchev–Trinajstić information content (AvgIpc) is 3.82. The molecule has 2 amide bonds. The van der Waals surface area contributed by atoms with Crippen LogP contribution < -0.4 is 31.0 Å². The molecule has 1 unspecified atom stereocenters. The predicted molar refractivity (Wildman–Crippen MR) is 262 cm³/mol. The van der Waals surface area contributed by atoms with E-state index in [1.165, 1.54) is 32.2 Å². The molecule has 1 aliphatic heterocycles. The third-order valence-corrected chi connectivity index (χ3v) is 12.0. The number of nitrogens with two attached hydrogens (primary N) is 2. The van der Waals surface area contributed by atoms with E-state index in [4.69, 9.17) is 30.1 Å². The van der Waals surface area contributed by atoms with Crippen molar-refractivity contribution < 1.29 is 41.8 Å². The topological polar surface area (TPSA) is 261 Å². The lowest BCUT2D eigenvalue weighted by Gasteiger charge is -2.39. The van der Waals surface area contributed by atoms with Crippen LogP contribution in [0.5, 0.6) is 11.5 Å². The van der Waals surface area contributed by atoms with Crippen molar-refractivity contribution in [1.29, 1.82) is 0 Å². The van der Waals surface area contributed by atoms with Gasteiger partial charge in [-0.05, 0) is 52.0 Å². The Bertz CT molecular complexity index is 2700. The number of amides is 2. The highest BCUT2D eigenvalue weighted by Crippen LogP contribution is 2.33. The molecule has 2 aromatic carbocycles. The Morgan fingerprint density at radius 3 is 2.28 bits per heavy atom. The molecule has 362 valence electrons. The SMILES string of the molecule is CC=C(CC(S)C=O)N(C)CCC(=O)N1CC(OCCCOc2cc(C(C)=O)cc3nc(NC)n(C/C=C/Cn4c(NC(=O)C(/C=C(/C)N)=NCC)nc5cc(S(N)(=O)=O)cc(OC)c54)c23)C1. The highest BCUT2D eigenvalue weighted by molar-refractivity contribution is 7.89. The molecule has 2 aromatic heterocycles. The highest BCUT2D eigenvalue weighted by atomic mass is 32.2. The number of thiol groups is 1. The lowest BCUT2D eigenvalue weighted by Crippen LogP contribution is -2.55. The summed E-state index contributed by atoms with van der Waals surface area (Å²) in [5.74, 6) is 0.529. The van der Waals surface area contributed by atoms with Gasteiger partial charge in [0.05, 0.1) is 47.6 Å². The summed E-state index contributed by atoms with van der Waals surface area (Å²) in [7, 11) is 0.883. The standard InChI is InChI=1S/C45H61N11O9S2/c1-8-31(22-33(66)27-57)53(6)16-13-40(59)54-25-32(26-54)64-17-12-18-65-39-21-30(29(4)58)20-35-42(39)55(44(48-5)50-35)14-10-11-15-56-41-36(23-34(67(47,61)62)24-38(41)63-7)51-45(56)52-43(60)37(49-9-2)19-28(3)46/h8,10-11,19-21,23-24,27,32-33,66H,9,12-18,22,25-26,46H2,1-7H3,(H,48,50)(H2,47,61,62)(H,51,52,60)/b11-10+,28-19-,31-8?,49-37?. The summed E-state index contributed by atoms with van der Waals surface area (Å²) in [6.07, 6.45) is 9.20. The number of aldehydes is 1. The van der Waals surface area contributed by atoms with Crippen molar-refractivity contribution in [3.8, 4) is 11.5 Å². The first-order valence-corrected chi connectivity index (χ1v) is 23.8. The minimum absolute atomic E-state index is 0.0398. The molecule has 20 nitrogen and oxygen atoms in total. The van der Waals surface area contributed by atoms with Crippen molar-refractivity contribution in [1.82, 2.24) is 28.9 Å². The average molecular weight is 964 g/mol. The Hall–Kier alpha value is -6.23. The summed E-state index contributed by atoms with van der Waals surface area (Å²) in [4.78, 5) is 67.1. The lowest BCUT2D eigenvalue weighted by molar-refractivity contribution is -0.145. The number of carbonyl (C=O) groups is 4. The number of nitrogens with zero attached hydrogens (tertiary/aromatic N) is 7. The number of fused-ring (bicyclic) bond motifs is 2. The van der Waals surface area contributed by atoms with E-state index in [2.05, 4.69) is 33.2 Å². The molecule has 1 atom stereocenters. The van der Waals surface area contributed by atoms with Crippen LogP contribution in [-0.2, 0) is 42.2 Å². The van der Waals surface area contributed by atoms with Crippen molar-refractivity contribution in [3.05, 3.63) is 65.5 Å². The summed E-state index contributed by atoms with van der Waals surface area (Å²) in [6.45, 7) is 9.76. The molecular weight excluding hydrogens is 903 g/mol. The van der Waals surface area contributed by atoms with Crippen LogP contribution in [0.25, 0.3) is 22.1 Å². The van der Waals surface area contributed by atoms with Gasteiger partial charge in [-0.1, -0.05) is 18.2 Å². The molecular formula is C45H61N11O9S2. The fraction of sp³-hybridized carbons (Fsp3) is 0.444. The number of rotatable bonds is 25. The summed E-state index contributed by atoms with van der Waals surface area (Å²) < 4.78 is 46.3. The van der Waals surface area contributed by atoms with Gasteiger partial charge >= 0.3 is 0 Å². The number of imidazole rings is 2. The van der Waals surface area contributed by atoms with Gasteiger partial charge in [-0.3, -0.25) is 24.7 Å². The van der Waals surface area contributed by atoms with E-state index >= 15 is 0 Å². The number of anilines is 2. The van der Waals surface area contributed by atoms with E-state index in [1.54, 1.807) is 42.5 Å². The zero-order valence-electron chi connectivity index (χ0n) is 38.9. The first-order chi connectivity index (χ1) is 31.9. The number of methoxy groups -OCH3 is 1. The molecule has 3 heterocycles. The molecule has 4 aromatic rings. The zero-order chi connectivity index (χ0) is 49.0. The van der Waals surface area contributed by atoms with E-state index < -0.39 is 21.2 Å². The second-order valence-electron chi connectivity index (χ2n) is 15.8. The minimum atomic E-state index is -4.14. The number of hydrogen-bond acceptors (Lipinski definition) is 16. The molecule has 0 radical (unpaired) electrons. The molecule has 0 saturated carbocycles. The predicted octanol–water partition coefficient (Wildman–Crippen LogP) is 3.91. The van der Waals surface area contributed by atoms with Crippen LogP contribution in [0.2, 0.25) is 0 Å². The zero-order valence-corrected chi connectivity index (χ0v) is 40.7. The van der Waals surface area contributed by atoms with Crippen LogP contribution in [0.4, 0.5) is 11.9 Å². The largest absolute Gasteiger partial charge is 0.494 e. The summed E-state index contributed by atoms with van der Waals surface area (Å²) >= 11 is 4.27. The van der Waals surface area contributed by atoms with Gasteiger partial charge in [0.1, 0.15) is 34.5 Å². The fourth-order valence-electron chi connectivity index (χ4n) is 7.36. The monoisotopic (exact) mass is 963 g/mol. The number of primary sulfonamides is 1. The van der Waals surface area contributed by atoms with E-state index in [-0.39, 0.29) is 58.8 Å². The molecule has 1 aliphatic rings. The number of benzene rings is 2. The molecule has 5 rings (SSSR count). The summed E-state index contributed by atoms with van der Waals surface area (Å²) in [5.41, 5.74) is 9.51. The van der Waals surface area contributed by atoms with Gasteiger partial charge in [-0.25, -0.2) is 23.5 Å². The number of aliphatic imine (C=N–C) groups is 1. The molecule has 6 N–H and O–H groups in total. The number of carbonyl (C=O) groups excluding carboxylic acids is 4. The second-order valence-corrected chi connectivity index (χ2v) is 18.0. The molecule has 1 saturated heterocycles. The van der Waals surface area contributed by atoms with Crippen LogP contribution in [0.3, 0.4) is 0 Å². The number of sulfonamides is 1. The second kappa shape index (κ2) is 23.5. The van der Waals surface area contributed by atoms with Gasteiger partial charge in [0.25, 0.3) is 5.91 Å². The maximum atomic E-state index is 13.5. The Balaban J connectivity index is 1.28. The van der Waals surface area contributed by atoms with Crippen molar-refractivity contribution in [2.24, 2.45) is 15.9 Å². The maximum absolute atomic E-state index is 13.5. The van der Waals surface area contributed by atoms with Crippen molar-refractivity contribution >= 4 is 86.2 Å². The number of likely N-dealkylation sites (tertiary alicyclic amines) is 1. The van der Waals surface area contributed by atoms with E-state index in [0.717, 1.165) is 12.0 Å². The van der Waals surface area contributed by atoms with Gasteiger partial charge < -0.3 is 49.0 Å². The number of aromatic nitrogens is 4. The Morgan fingerprint density at radius 1 is 1.03 bits per heavy atom. The van der Waals surface area contributed by atoms with E-state index in [0.29, 0.717) is 98.1 Å². The number of nitrogens with one attached hydrogen (secondary N) is 2. The number of ketones is 1. The fourth-order valence-corrected chi connectivity index (χ4v) is 8.10. The molecule has 0 bridgehead atoms. The van der Waals surface area contributed by atoms with Crippen LogP contribution in [-0.4, -0.2) is 139 Å². The van der Waals surface area contributed by atoms with E-state index in [1.807, 2.05) is 41.7 Å². The van der Waals surface area contributed by atoms with Crippen LogP contribution >= 0.6 is 12.6 Å². The maximum Gasteiger partial charge on any atom is 0.276 e. The molecule has 67 heavy (non-hydrogen) atoms. The van der Waals surface area contributed by atoms with Gasteiger partial charge in [0, 0.05) is 95.7 Å². The lowest BCUT2D eigenvalue weighted by atomic mass is 10.1. The number of allylic oxidation sites excluding steroid dienone is 5. The Kier molecular flexibility index (Phi) is 18.1. The third kappa shape index (κ3) is 13.2.